The number of H-pyrrole nitrogens is 1. The van der Waals surface area contributed by atoms with E-state index in [4.69, 9.17) is 0 Å². The van der Waals surface area contributed by atoms with Gasteiger partial charge in [-0.15, -0.1) is 11.3 Å². The number of carbonyl (C=O) groups is 1. The number of fused-ring (bicyclic) bond motifs is 1. The third-order valence-corrected chi connectivity index (χ3v) is 5.11. The summed E-state index contributed by atoms with van der Waals surface area (Å²) in [6.45, 7) is 6.24. The molecule has 0 radical (unpaired) electrons. The van der Waals surface area contributed by atoms with Crippen LogP contribution in [0.5, 0.6) is 0 Å². The Morgan fingerprint density at radius 1 is 1.37 bits per heavy atom. The van der Waals surface area contributed by atoms with Crippen LogP contribution < -0.4 is 10.6 Å². The second-order valence-corrected chi connectivity index (χ2v) is 7.26. The van der Waals surface area contributed by atoms with Gasteiger partial charge >= 0.3 is 0 Å². The van der Waals surface area contributed by atoms with Crippen molar-refractivity contribution in [1.82, 2.24) is 25.6 Å². The van der Waals surface area contributed by atoms with Crippen LogP contribution >= 0.6 is 11.3 Å². The molecule has 0 unspecified atom stereocenters. The Hall–Kier alpha value is -3.17. The summed E-state index contributed by atoms with van der Waals surface area (Å²) >= 11 is 1.24. The molecule has 7 nitrogen and oxygen atoms in total. The second-order valence-electron chi connectivity index (χ2n) is 6.41. The van der Waals surface area contributed by atoms with Gasteiger partial charge in [0.2, 0.25) is 0 Å². The first-order chi connectivity index (χ1) is 14.6. The van der Waals surface area contributed by atoms with E-state index in [2.05, 4.69) is 37.3 Å². The maximum Gasteiger partial charge on any atom is 0.280 e. The van der Waals surface area contributed by atoms with Gasteiger partial charge < -0.3 is 15.6 Å². The first kappa shape index (κ1) is 21.5. The first-order valence-corrected chi connectivity index (χ1v) is 10.3. The molecule has 0 spiro atoms. The number of nitrogens with zero attached hydrogens (tertiary/aromatic N) is 3. The monoisotopic (exact) mass is 426 g/mol. The van der Waals surface area contributed by atoms with E-state index in [-0.39, 0.29) is 18.1 Å². The highest BCUT2D eigenvalue weighted by atomic mass is 32.1. The summed E-state index contributed by atoms with van der Waals surface area (Å²) in [5, 5.41) is 8.06. The Kier molecular flexibility index (Phi) is 7.58. The van der Waals surface area contributed by atoms with Gasteiger partial charge in [-0.05, 0) is 31.9 Å². The molecule has 30 heavy (non-hydrogen) atoms. The number of allylic oxidation sites excluding steroid dienone is 3. The lowest BCUT2D eigenvalue weighted by Crippen LogP contribution is -2.25. The fraction of sp³-hybridized carbons (Fsp3) is 0.238. The summed E-state index contributed by atoms with van der Waals surface area (Å²) in [5.74, 6) is 0.0242. The van der Waals surface area contributed by atoms with E-state index in [1.807, 2.05) is 29.6 Å². The lowest BCUT2D eigenvalue weighted by atomic mass is 10.3. The lowest BCUT2D eigenvalue weighted by Gasteiger charge is -2.04. The highest BCUT2D eigenvalue weighted by Crippen LogP contribution is 2.12. The van der Waals surface area contributed by atoms with Gasteiger partial charge in [-0.3, -0.25) is 9.79 Å². The Morgan fingerprint density at radius 3 is 2.97 bits per heavy atom. The van der Waals surface area contributed by atoms with Gasteiger partial charge in [-0.1, -0.05) is 18.2 Å². The zero-order chi connectivity index (χ0) is 21.3. The van der Waals surface area contributed by atoms with Crippen molar-refractivity contribution in [2.24, 2.45) is 4.99 Å². The maximum atomic E-state index is 13.8. The molecule has 2 aromatic heterocycles. The van der Waals surface area contributed by atoms with Crippen molar-refractivity contribution in [1.29, 1.82) is 0 Å². The van der Waals surface area contributed by atoms with E-state index in [1.54, 1.807) is 13.0 Å². The molecule has 2 heterocycles. The standard InChI is InChI=1S/C21H23FN6OS/c1-3-6-15(22)18(23-2)12-25-20(29)21-26-14(13-30-21)11-24-10-9-19-27-16-7-4-5-8-17(16)28-19/h3-8,13,24H,2,9-12H2,1H3,(H,25,29)(H,27,28)/b6-3-,18-15+. The molecular weight excluding hydrogens is 403 g/mol. The number of aliphatic imine (C=N–C) groups is 1. The van der Waals surface area contributed by atoms with Gasteiger partial charge in [0.1, 0.15) is 11.7 Å². The van der Waals surface area contributed by atoms with Crippen LogP contribution in [0.25, 0.3) is 11.0 Å². The van der Waals surface area contributed by atoms with Gasteiger partial charge in [-0.2, -0.15) is 0 Å². The number of thiazole rings is 1. The summed E-state index contributed by atoms with van der Waals surface area (Å²) in [7, 11) is 0. The number of benzene rings is 1. The van der Waals surface area contributed by atoms with Crippen LogP contribution in [-0.4, -0.2) is 40.7 Å². The molecule has 0 fully saturated rings. The Balaban J connectivity index is 1.45. The predicted octanol–water partition coefficient (Wildman–Crippen LogP) is 3.54. The van der Waals surface area contributed by atoms with Crippen molar-refractivity contribution in [3.8, 4) is 0 Å². The molecule has 3 aromatic rings. The molecule has 0 saturated heterocycles. The highest BCUT2D eigenvalue weighted by molar-refractivity contribution is 7.11. The minimum atomic E-state index is -0.527. The molecule has 0 bridgehead atoms. The fourth-order valence-corrected chi connectivity index (χ4v) is 3.47. The summed E-state index contributed by atoms with van der Waals surface area (Å²) < 4.78 is 13.8. The molecule has 0 saturated carbocycles. The largest absolute Gasteiger partial charge is 0.344 e. The van der Waals surface area contributed by atoms with Crippen LogP contribution in [0, 0.1) is 0 Å². The lowest BCUT2D eigenvalue weighted by molar-refractivity contribution is 0.0956. The van der Waals surface area contributed by atoms with Crippen LogP contribution in [0.1, 0.15) is 28.2 Å². The zero-order valence-corrected chi connectivity index (χ0v) is 17.4. The van der Waals surface area contributed by atoms with Crippen molar-refractivity contribution >= 4 is 35.0 Å². The van der Waals surface area contributed by atoms with Crippen LogP contribution in [-0.2, 0) is 13.0 Å². The topological polar surface area (TPSA) is 95.1 Å². The second kappa shape index (κ2) is 10.6. The number of imidazole rings is 1. The molecule has 0 aliphatic heterocycles. The normalized spacial score (nSPS) is 12.3. The number of nitrogens with one attached hydrogen (secondary N) is 3. The minimum Gasteiger partial charge on any atom is -0.344 e. The predicted molar refractivity (Wildman–Crippen MR) is 118 cm³/mol. The third kappa shape index (κ3) is 5.68. The summed E-state index contributed by atoms with van der Waals surface area (Å²) in [6.07, 6.45) is 3.58. The summed E-state index contributed by atoms with van der Waals surface area (Å²) in [5.41, 5.74) is 2.83. The zero-order valence-electron chi connectivity index (χ0n) is 16.6. The number of carbonyl (C=O) groups excluding carboxylic acids is 1. The van der Waals surface area contributed by atoms with E-state index < -0.39 is 5.83 Å². The van der Waals surface area contributed by atoms with E-state index in [9.17, 15) is 9.18 Å². The van der Waals surface area contributed by atoms with Crippen molar-refractivity contribution in [2.45, 2.75) is 19.9 Å². The maximum absolute atomic E-state index is 13.8. The van der Waals surface area contributed by atoms with E-state index in [1.165, 1.54) is 17.4 Å². The van der Waals surface area contributed by atoms with E-state index >= 15 is 0 Å². The van der Waals surface area contributed by atoms with Gasteiger partial charge in [0, 0.05) is 24.9 Å². The summed E-state index contributed by atoms with van der Waals surface area (Å²) in [6, 6.07) is 7.91. The van der Waals surface area contributed by atoms with E-state index in [0.717, 1.165) is 35.5 Å². The van der Waals surface area contributed by atoms with Crippen molar-refractivity contribution in [3.63, 3.8) is 0 Å². The molecule has 3 rings (SSSR count). The fourth-order valence-electron chi connectivity index (χ4n) is 2.74. The van der Waals surface area contributed by atoms with Crippen molar-refractivity contribution < 1.29 is 9.18 Å². The number of hydrogen-bond acceptors (Lipinski definition) is 6. The van der Waals surface area contributed by atoms with Gasteiger partial charge in [0.15, 0.2) is 5.01 Å². The molecule has 0 atom stereocenters. The number of amides is 1. The third-order valence-electron chi connectivity index (χ3n) is 4.23. The molecule has 156 valence electrons. The average molecular weight is 427 g/mol. The van der Waals surface area contributed by atoms with Gasteiger partial charge in [0.05, 0.1) is 29.0 Å². The van der Waals surface area contributed by atoms with Crippen LogP contribution in [0.15, 0.2) is 58.3 Å². The van der Waals surface area contributed by atoms with Crippen LogP contribution in [0.2, 0.25) is 0 Å². The number of aromatic nitrogens is 3. The number of para-hydroxylation sites is 2. The quantitative estimate of drug-likeness (QED) is 0.263. The van der Waals surface area contributed by atoms with Gasteiger partial charge in [0.25, 0.3) is 5.91 Å². The minimum absolute atomic E-state index is 0.0524. The summed E-state index contributed by atoms with van der Waals surface area (Å²) in [4.78, 5) is 28.0. The number of rotatable bonds is 10. The molecule has 9 heteroatoms. The van der Waals surface area contributed by atoms with Crippen LogP contribution in [0.3, 0.4) is 0 Å². The highest BCUT2D eigenvalue weighted by Gasteiger charge is 2.12. The average Bonchev–Trinajstić information content (AvgIpc) is 3.38. The Labute approximate surface area is 177 Å². The number of hydrogen-bond donors (Lipinski definition) is 3. The first-order valence-electron chi connectivity index (χ1n) is 9.45. The molecule has 3 N–H and O–H groups in total. The Bertz CT molecular complexity index is 1050. The van der Waals surface area contributed by atoms with E-state index in [0.29, 0.717) is 11.6 Å². The van der Waals surface area contributed by atoms with Crippen molar-refractivity contribution in [2.75, 3.05) is 13.1 Å². The van der Waals surface area contributed by atoms with Crippen LogP contribution in [0.4, 0.5) is 4.39 Å². The number of halogens is 1. The molecule has 0 aliphatic carbocycles. The van der Waals surface area contributed by atoms with Gasteiger partial charge in [-0.25, -0.2) is 14.4 Å². The molecule has 1 aromatic carbocycles. The van der Waals surface area contributed by atoms with Crippen molar-refractivity contribution in [3.05, 3.63) is 69.8 Å². The molecule has 1 amide bonds. The number of aromatic amines is 1. The molecular formula is C21H23FN6OS. The Morgan fingerprint density at radius 2 is 2.20 bits per heavy atom. The smallest absolute Gasteiger partial charge is 0.280 e. The molecule has 0 aliphatic rings. The SMILES string of the molecule is C=N/C(CNC(=O)c1nc(CNCCc2nc3ccccc3[nH]2)cs1)=C(F)\C=C/C.